The number of rotatable bonds is 4. The number of carbonyl (C=O) groups is 1. The number of aromatic nitrogens is 2. The summed E-state index contributed by atoms with van der Waals surface area (Å²) in [5.41, 5.74) is 3.56. The largest absolute Gasteiger partial charge is 0.347 e. The fourth-order valence-corrected chi connectivity index (χ4v) is 3.41. The normalized spacial score (nSPS) is 16.4. The van der Waals surface area contributed by atoms with Gasteiger partial charge in [-0.25, -0.2) is 4.68 Å². The molecule has 126 valence electrons. The fraction of sp³-hybridized carbons (Fsp3) is 0.158. The van der Waals surface area contributed by atoms with Gasteiger partial charge in [0.2, 0.25) is 0 Å². The van der Waals surface area contributed by atoms with E-state index in [1.54, 1.807) is 4.68 Å². The zero-order chi connectivity index (χ0) is 17.2. The van der Waals surface area contributed by atoms with Gasteiger partial charge in [0.1, 0.15) is 11.9 Å². The second-order valence-corrected chi connectivity index (χ2v) is 6.88. The molecule has 0 bridgehead atoms. The van der Waals surface area contributed by atoms with Crippen molar-refractivity contribution in [2.45, 2.75) is 12.7 Å². The summed E-state index contributed by atoms with van der Waals surface area (Å²) in [6, 6.07) is 19.9. The maximum Gasteiger partial charge on any atom is 0.269 e. The summed E-state index contributed by atoms with van der Waals surface area (Å²) in [6.45, 7) is 1.20. The highest BCUT2D eigenvalue weighted by Gasteiger charge is 2.27. The molecule has 25 heavy (non-hydrogen) atoms. The van der Waals surface area contributed by atoms with Gasteiger partial charge >= 0.3 is 0 Å². The van der Waals surface area contributed by atoms with Crippen LogP contribution in [-0.4, -0.2) is 22.2 Å². The number of nitrogens with zero attached hydrogens (tertiary/aromatic N) is 2. The van der Waals surface area contributed by atoms with E-state index < -0.39 is 0 Å². The molecule has 1 aliphatic rings. The number of benzene rings is 2. The molecule has 0 aliphatic carbocycles. The first-order chi connectivity index (χ1) is 12.2. The highest BCUT2D eigenvalue weighted by Crippen LogP contribution is 2.23. The number of halogens is 1. The zero-order valence-corrected chi connectivity index (χ0v) is 15.0. The molecule has 0 radical (unpaired) electrons. The Kier molecular flexibility index (Phi) is 4.38. The number of hydrogen-bond acceptors (Lipinski definition) is 3. The molecule has 5 nitrogen and oxygen atoms in total. The number of fused-ring (bicyclic) bond motifs is 1. The van der Waals surface area contributed by atoms with Gasteiger partial charge in [0.15, 0.2) is 0 Å². The van der Waals surface area contributed by atoms with Gasteiger partial charge in [-0.3, -0.25) is 10.1 Å². The molecule has 0 unspecified atom stereocenters. The lowest BCUT2D eigenvalue weighted by Gasteiger charge is -2.25. The van der Waals surface area contributed by atoms with Crippen LogP contribution in [0.5, 0.6) is 0 Å². The molecule has 2 N–H and O–H groups in total. The van der Waals surface area contributed by atoms with Crippen LogP contribution in [0.15, 0.2) is 65.1 Å². The maximum atomic E-state index is 12.2. The Balaban J connectivity index is 1.59. The zero-order valence-electron chi connectivity index (χ0n) is 13.4. The van der Waals surface area contributed by atoms with E-state index >= 15 is 0 Å². The molecule has 0 fully saturated rings. The van der Waals surface area contributed by atoms with Crippen molar-refractivity contribution >= 4 is 21.8 Å². The van der Waals surface area contributed by atoms with E-state index in [9.17, 15) is 4.79 Å². The van der Waals surface area contributed by atoms with Crippen LogP contribution in [0.25, 0.3) is 11.3 Å². The average Bonchev–Trinajstić information content (AvgIpc) is 3.08. The summed E-state index contributed by atoms with van der Waals surface area (Å²) in [7, 11) is 0. The monoisotopic (exact) mass is 396 g/mol. The first kappa shape index (κ1) is 16.1. The predicted molar refractivity (Wildman–Crippen MR) is 100 cm³/mol. The molecule has 4 rings (SSSR count). The van der Waals surface area contributed by atoms with Crippen LogP contribution in [-0.2, 0) is 6.54 Å². The van der Waals surface area contributed by atoms with Gasteiger partial charge in [-0.15, -0.1) is 0 Å². The third-order valence-electron chi connectivity index (χ3n) is 4.22. The fourth-order valence-electron chi connectivity index (χ4n) is 2.96. The SMILES string of the molecule is O=C1NC[C@@H](NCc2cccc(Br)c2)n2nc(-c3ccccc3)cc21. The van der Waals surface area contributed by atoms with E-state index in [4.69, 9.17) is 0 Å². The predicted octanol–water partition coefficient (Wildman–Crippen LogP) is 3.34. The van der Waals surface area contributed by atoms with Crippen molar-refractivity contribution in [3.05, 3.63) is 76.4 Å². The van der Waals surface area contributed by atoms with Crippen molar-refractivity contribution in [1.82, 2.24) is 20.4 Å². The summed E-state index contributed by atoms with van der Waals surface area (Å²) < 4.78 is 2.84. The van der Waals surface area contributed by atoms with Gasteiger partial charge in [-0.1, -0.05) is 58.4 Å². The Morgan fingerprint density at radius 3 is 2.80 bits per heavy atom. The van der Waals surface area contributed by atoms with Gasteiger partial charge in [0.25, 0.3) is 5.91 Å². The lowest BCUT2D eigenvalue weighted by Crippen LogP contribution is -2.45. The molecule has 1 aliphatic heterocycles. The van der Waals surface area contributed by atoms with E-state index in [2.05, 4.69) is 43.8 Å². The summed E-state index contributed by atoms with van der Waals surface area (Å²) in [5.74, 6) is -0.0878. The van der Waals surface area contributed by atoms with Gasteiger partial charge in [0, 0.05) is 16.6 Å². The van der Waals surface area contributed by atoms with Crippen molar-refractivity contribution < 1.29 is 4.79 Å². The van der Waals surface area contributed by atoms with Crippen molar-refractivity contribution in [1.29, 1.82) is 0 Å². The van der Waals surface area contributed by atoms with Crippen molar-refractivity contribution in [3.63, 3.8) is 0 Å². The Morgan fingerprint density at radius 1 is 1.16 bits per heavy atom. The molecule has 2 heterocycles. The van der Waals surface area contributed by atoms with E-state index in [0.29, 0.717) is 18.8 Å². The topological polar surface area (TPSA) is 59.0 Å². The minimum atomic E-state index is -0.0878. The Hall–Kier alpha value is -2.44. The molecule has 0 saturated heterocycles. The maximum absolute atomic E-state index is 12.2. The third kappa shape index (κ3) is 3.36. The van der Waals surface area contributed by atoms with Crippen molar-refractivity contribution in [2.75, 3.05) is 6.54 Å². The van der Waals surface area contributed by atoms with E-state index in [0.717, 1.165) is 15.7 Å². The van der Waals surface area contributed by atoms with Crippen LogP contribution in [0.2, 0.25) is 0 Å². The Morgan fingerprint density at radius 2 is 2.00 bits per heavy atom. The van der Waals surface area contributed by atoms with Crippen LogP contribution < -0.4 is 10.6 Å². The third-order valence-corrected chi connectivity index (χ3v) is 4.71. The minimum Gasteiger partial charge on any atom is -0.347 e. The molecular formula is C19H17BrN4O. The molecule has 1 amide bonds. The highest BCUT2D eigenvalue weighted by molar-refractivity contribution is 9.10. The summed E-state index contributed by atoms with van der Waals surface area (Å²) >= 11 is 3.49. The molecule has 2 aromatic carbocycles. The molecular weight excluding hydrogens is 380 g/mol. The second-order valence-electron chi connectivity index (χ2n) is 5.96. The smallest absolute Gasteiger partial charge is 0.269 e. The number of hydrogen-bond donors (Lipinski definition) is 2. The summed E-state index contributed by atoms with van der Waals surface area (Å²) in [6.07, 6.45) is -0.0795. The molecule has 1 aromatic heterocycles. The van der Waals surface area contributed by atoms with E-state index in [1.165, 1.54) is 5.56 Å². The summed E-state index contributed by atoms with van der Waals surface area (Å²) in [5, 5.41) is 11.1. The first-order valence-electron chi connectivity index (χ1n) is 8.12. The van der Waals surface area contributed by atoms with Crippen LogP contribution in [0, 0.1) is 0 Å². The highest BCUT2D eigenvalue weighted by atomic mass is 79.9. The number of amides is 1. The molecule has 0 saturated carbocycles. The Bertz CT molecular complexity index is 907. The van der Waals surface area contributed by atoms with Crippen LogP contribution in [0.3, 0.4) is 0 Å². The number of carbonyl (C=O) groups excluding carboxylic acids is 1. The van der Waals surface area contributed by atoms with Crippen LogP contribution in [0.1, 0.15) is 22.2 Å². The van der Waals surface area contributed by atoms with Crippen LogP contribution in [0.4, 0.5) is 0 Å². The Labute approximate surface area is 154 Å². The minimum absolute atomic E-state index is 0.0795. The van der Waals surface area contributed by atoms with Gasteiger partial charge in [0.05, 0.1) is 12.2 Å². The van der Waals surface area contributed by atoms with Crippen molar-refractivity contribution in [2.24, 2.45) is 0 Å². The average molecular weight is 397 g/mol. The second kappa shape index (κ2) is 6.82. The summed E-state index contributed by atoms with van der Waals surface area (Å²) in [4.78, 5) is 12.2. The number of nitrogens with one attached hydrogen (secondary N) is 2. The molecule has 1 atom stereocenters. The quantitative estimate of drug-likeness (QED) is 0.710. The molecule has 0 spiro atoms. The first-order valence-corrected chi connectivity index (χ1v) is 8.91. The lowest BCUT2D eigenvalue weighted by atomic mass is 10.1. The van der Waals surface area contributed by atoms with Gasteiger partial charge in [-0.05, 0) is 23.8 Å². The van der Waals surface area contributed by atoms with Gasteiger partial charge < -0.3 is 5.32 Å². The van der Waals surface area contributed by atoms with Gasteiger partial charge in [-0.2, -0.15) is 5.10 Å². The molecule has 3 aromatic rings. The van der Waals surface area contributed by atoms with E-state index in [1.807, 2.05) is 48.5 Å². The van der Waals surface area contributed by atoms with Crippen molar-refractivity contribution in [3.8, 4) is 11.3 Å². The van der Waals surface area contributed by atoms with Crippen LogP contribution >= 0.6 is 15.9 Å². The van der Waals surface area contributed by atoms with E-state index in [-0.39, 0.29) is 12.1 Å². The molecule has 6 heteroatoms. The standard InChI is InChI=1S/C19H17BrN4O/c20-15-8-4-5-13(9-15)11-21-18-12-22-19(25)17-10-16(23-24(17)18)14-6-2-1-3-7-14/h1-10,18,21H,11-12H2,(H,22,25)/t18-/m0/s1. The lowest BCUT2D eigenvalue weighted by molar-refractivity contribution is 0.0900.